The van der Waals surface area contributed by atoms with Gasteiger partial charge in [0.15, 0.2) is 17.8 Å². The molecule has 3 aromatic carbocycles. The van der Waals surface area contributed by atoms with Gasteiger partial charge < -0.3 is 10.4 Å². The van der Waals surface area contributed by atoms with Crippen LogP contribution in [0.15, 0.2) is 77.9 Å². The first kappa shape index (κ1) is 29.7. The highest BCUT2D eigenvalue weighted by Gasteiger charge is 2.39. The standard InChI is InChI=1S/C28H22ClF4N7O3/c1-16-6-11-21(20(30)12-16)35-26(42)19-4-2-3-5-22(19)40-15-34-24(36-40)14-39-27(43)38(13-23(41)28(31,32)33)25(37-39)17-7-9-18(29)10-8-17/h2-12,15,23,41H,13-14H2,1H3,(H,35,42)/t23-/m0/s1. The molecular formula is C28H22ClF4N7O3. The maximum atomic E-state index is 14.3. The van der Waals surface area contributed by atoms with Crippen LogP contribution in [0.2, 0.25) is 5.02 Å². The Bertz CT molecular complexity index is 1850. The lowest BCUT2D eigenvalue weighted by molar-refractivity contribution is -0.207. The van der Waals surface area contributed by atoms with Crippen molar-refractivity contribution >= 4 is 23.2 Å². The Morgan fingerprint density at radius 1 is 1.07 bits per heavy atom. The van der Waals surface area contributed by atoms with Gasteiger partial charge in [0.25, 0.3) is 5.91 Å². The zero-order valence-electron chi connectivity index (χ0n) is 22.3. The number of aliphatic hydroxyl groups is 1. The number of amides is 1. The molecule has 1 atom stereocenters. The molecule has 43 heavy (non-hydrogen) atoms. The quantitative estimate of drug-likeness (QED) is 0.246. The van der Waals surface area contributed by atoms with Crippen molar-refractivity contribution in [3.63, 3.8) is 0 Å². The SMILES string of the molecule is Cc1ccc(NC(=O)c2ccccc2-n2cnc(Cn3nc(-c4ccc(Cl)cc4)n(C[C@H](O)C(F)(F)F)c3=O)n2)c(F)c1. The summed E-state index contributed by atoms with van der Waals surface area (Å²) >= 11 is 5.92. The lowest BCUT2D eigenvalue weighted by Gasteiger charge is -2.15. The van der Waals surface area contributed by atoms with Crippen LogP contribution in [-0.4, -0.2) is 52.4 Å². The number of rotatable bonds is 8. The Labute approximate surface area is 245 Å². The largest absolute Gasteiger partial charge is 0.416 e. The zero-order valence-corrected chi connectivity index (χ0v) is 23.0. The number of aryl methyl sites for hydroxylation is 1. The second-order valence-corrected chi connectivity index (χ2v) is 9.94. The highest BCUT2D eigenvalue weighted by atomic mass is 35.5. The van der Waals surface area contributed by atoms with Gasteiger partial charge >= 0.3 is 11.9 Å². The lowest BCUT2D eigenvalue weighted by atomic mass is 10.1. The van der Waals surface area contributed by atoms with Crippen molar-refractivity contribution in [2.75, 3.05) is 5.32 Å². The number of alkyl halides is 3. The number of aromatic nitrogens is 6. The van der Waals surface area contributed by atoms with E-state index >= 15 is 0 Å². The molecule has 15 heteroatoms. The van der Waals surface area contributed by atoms with Crippen molar-refractivity contribution in [2.24, 2.45) is 0 Å². The smallest absolute Gasteiger partial charge is 0.382 e. The summed E-state index contributed by atoms with van der Waals surface area (Å²) in [5, 5.41) is 21.1. The zero-order chi connectivity index (χ0) is 30.9. The third kappa shape index (κ3) is 6.49. The number of halogens is 5. The Morgan fingerprint density at radius 2 is 1.79 bits per heavy atom. The van der Waals surface area contributed by atoms with Crippen molar-refractivity contribution in [1.29, 1.82) is 0 Å². The minimum atomic E-state index is -4.97. The fourth-order valence-corrected chi connectivity index (χ4v) is 4.32. The number of carbonyl (C=O) groups excluding carboxylic acids is 1. The summed E-state index contributed by atoms with van der Waals surface area (Å²) in [6.07, 6.45) is -6.50. The van der Waals surface area contributed by atoms with Crippen molar-refractivity contribution in [3.05, 3.63) is 111 Å². The average molecular weight is 616 g/mol. The monoisotopic (exact) mass is 615 g/mol. The van der Waals surface area contributed by atoms with Crippen LogP contribution < -0.4 is 11.0 Å². The molecule has 0 spiro atoms. The maximum Gasteiger partial charge on any atom is 0.416 e. The van der Waals surface area contributed by atoms with E-state index in [-0.39, 0.29) is 35.0 Å². The molecule has 2 aromatic heterocycles. The molecule has 2 heterocycles. The molecule has 0 bridgehead atoms. The Morgan fingerprint density at radius 3 is 2.49 bits per heavy atom. The summed E-state index contributed by atoms with van der Waals surface area (Å²) in [4.78, 5) is 30.4. The molecule has 0 aliphatic carbocycles. The van der Waals surface area contributed by atoms with Crippen LogP contribution in [0.3, 0.4) is 0 Å². The number of benzene rings is 3. The van der Waals surface area contributed by atoms with Crippen LogP contribution in [-0.2, 0) is 13.1 Å². The van der Waals surface area contributed by atoms with Crippen LogP contribution >= 0.6 is 11.6 Å². The van der Waals surface area contributed by atoms with E-state index in [1.807, 2.05) is 0 Å². The fraction of sp³-hybridized carbons (Fsp3) is 0.179. The minimum absolute atomic E-state index is 0.00761. The number of aliphatic hydroxyl groups excluding tert-OH is 1. The van der Waals surface area contributed by atoms with Crippen LogP contribution in [0, 0.1) is 12.7 Å². The molecule has 0 saturated heterocycles. The second-order valence-electron chi connectivity index (χ2n) is 9.50. The highest BCUT2D eigenvalue weighted by molar-refractivity contribution is 6.30. The average Bonchev–Trinajstić information content (AvgIpc) is 3.55. The van der Waals surface area contributed by atoms with Gasteiger partial charge in [0.1, 0.15) is 18.7 Å². The van der Waals surface area contributed by atoms with E-state index in [0.29, 0.717) is 20.8 Å². The number of hydrogen-bond donors (Lipinski definition) is 2. The van der Waals surface area contributed by atoms with Gasteiger partial charge in [0, 0.05) is 10.6 Å². The first-order valence-corrected chi connectivity index (χ1v) is 13.0. The highest BCUT2D eigenvalue weighted by Crippen LogP contribution is 2.24. The summed E-state index contributed by atoms with van der Waals surface area (Å²) in [6.45, 7) is 0.284. The number of anilines is 1. The Balaban J connectivity index is 1.44. The van der Waals surface area contributed by atoms with Crippen LogP contribution in [0.5, 0.6) is 0 Å². The van der Waals surface area contributed by atoms with Gasteiger partial charge in [-0.1, -0.05) is 29.8 Å². The molecule has 0 saturated carbocycles. The minimum Gasteiger partial charge on any atom is -0.382 e. The van der Waals surface area contributed by atoms with E-state index in [1.54, 1.807) is 31.2 Å². The van der Waals surface area contributed by atoms with Gasteiger partial charge in [-0.25, -0.2) is 23.5 Å². The number of para-hydroxylation sites is 1. The van der Waals surface area contributed by atoms with E-state index in [9.17, 15) is 32.3 Å². The Hall–Kier alpha value is -4.82. The van der Waals surface area contributed by atoms with E-state index in [1.165, 1.54) is 53.5 Å². The number of hydrogen-bond acceptors (Lipinski definition) is 6. The van der Waals surface area contributed by atoms with Gasteiger partial charge in [-0.15, -0.1) is 10.2 Å². The first-order valence-electron chi connectivity index (χ1n) is 12.7. The maximum absolute atomic E-state index is 14.3. The second kappa shape index (κ2) is 11.8. The first-order chi connectivity index (χ1) is 20.4. The molecule has 1 amide bonds. The summed E-state index contributed by atoms with van der Waals surface area (Å²) in [5.41, 5.74) is 0.465. The number of nitrogens with one attached hydrogen (secondary N) is 1. The van der Waals surface area contributed by atoms with E-state index in [4.69, 9.17) is 11.6 Å². The molecule has 0 fully saturated rings. The van der Waals surface area contributed by atoms with Gasteiger partial charge in [-0.3, -0.25) is 9.36 Å². The van der Waals surface area contributed by atoms with Crippen LogP contribution in [0.25, 0.3) is 17.1 Å². The molecule has 0 unspecified atom stereocenters. The molecule has 222 valence electrons. The van der Waals surface area contributed by atoms with E-state index < -0.39 is 36.2 Å². The van der Waals surface area contributed by atoms with Gasteiger partial charge in [0.2, 0.25) is 0 Å². The van der Waals surface area contributed by atoms with Crippen LogP contribution in [0.4, 0.5) is 23.2 Å². The molecule has 0 aliphatic heterocycles. The molecule has 10 nitrogen and oxygen atoms in total. The fourth-order valence-electron chi connectivity index (χ4n) is 4.19. The summed E-state index contributed by atoms with van der Waals surface area (Å²) in [7, 11) is 0. The van der Waals surface area contributed by atoms with Crippen LogP contribution in [0.1, 0.15) is 21.7 Å². The normalized spacial score (nSPS) is 12.3. The summed E-state index contributed by atoms with van der Waals surface area (Å²) in [5.74, 6) is -1.29. The predicted octanol–water partition coefficient (Wildman–Crippen LogP) is 4.62. The topological polar surface area (TPSA) is 120 Å². The van der Waals surface area contributed by atoms with Crippen molar-refractivity contribution in [2.45, 2.75) is 32.3 Å². The van der Waals surface area contributed by atoms with E-state index in [0.717, 1.165) is 4.68 Å². The van der Waals surface area contributed by atoms with Crippen molar-refractivity contribution < 1.29 is 27.5 Å². The molecule has 0 radical (unpaired) electrons. The van der Waals surface area contributed by atoms with Gasteiger partial charge in [-0.2, -0.15) is 13.2 Å². The Kier molecular flexibility index (Phi) is 8.15. The molecule has 0 aliphatic rings. The third-order valence-corrected chi connectivity index (χ3v) is 6.61. The molecule has 5 aromatic rings. The van der Waals surface area contributed by atoms with Gasteiger partial charge in [-0.05, 0) is 61.0 Å². The van der Waals surface area contributed by atoms with Crippen molar-refractivity contribution in [1.82, 2.24) is 29.1 Å². The molecular weight excluding hydrogens is 594 g/mol. The van der Waals surface area contributed by atoms with Gasteiger partial charge in [0.05, 0.1) is 23.5 Å². The third-order valence-electron chi connectivity index (χ3n) is 6.36. The van der Waals surface area contributed by atoms with Crippen molar-refractivity contribution in [3.8, 4) is 17.1 Å². The predicted molar refractivity (Wildman–Crippen MR) is 149 cm³/mol. The summed E-state index contributed by atoms with van der Waals surface area (Å²) in [6, 6.07) is 16.6. The number of nitrogens with zero attached hydrogens (tertiary/aromatic N) is 6. The molecule has 2 N–H and O–H groups in total. The van der Waals surface area contributed by atoms with E-state index in [2.05, 4.69) is 20.5 Å². The lowest BCUT2D eigenvalue weighted by Crippen LogP contribution is -2.37. The summed E-state index contributed by atoms with van der Waals surface area (Å²) < 4.78 is 56.6. The molecule has 5 rings (SSSR count). The number of carbonyl (C=O) groups is 1.